The Morgan fingerprint density at radius 1 is 1.19 bits per heavy atom. The van der Waals surface area contributed by atoms with E-state index in [0.29, 0.717) is 5.56 Å². The van der Waals surface area contributed by atoms with Crippen molar-refractivity contribution in [3.8, 4) is 0 Å². The van der Waals surface area contributed by atoms with Crippen molar-refractivity contribution in [1.82, 2.24) is 0 Å². The van der Waals surface area contributed by atoms with Gasteiger partial charge in [-0.1, -0.05) is 50.6 Å². The fraction of sp³-hybridized carbons (Fsp3) is 0.429. The summed E-state index contributed by atoms with van der Waals surface area (Å²) in [7, 11) is 0. The van der Waals surface area contributed by atoms with Crippen molar-refractivity contribution < 1.29 is 9.59 Å². The molecule has 2 nitrogen and oxygen atoms in total. The fourth-order valence-electron chi connectivity index (χ4n) is 1.86. The second kappa shape index (κ2) is 5.59. The highest BCUT2D eigenvalue weighted by Gasteiger charge is 2.28. The highest BCUT2D eigenvalue weighted by molar-refractivity contribution is 6.10. The van der Waals surface area contributed by atoms with Crippen molar-refractivity contribution in [3.63, 3.8) is 0 Å². The highest BCUT2D eigenvalue weighted by Crippen LogP contribution is 2.21. The summed E-state index contributed by atoms with van der Waals surface area (Å²) in [6, 6.07) is 9.03. The number of carbonyl (C=O) groups is 2. The first kappa shape index (κ1) is 12.6. The summed E-state index contributed by atoms with van der Waals surface area (Å²) in [5.41, 5.74) is 0.628. The third-order valence-corrected chi connectivity index (χ3v) is 2.99. The maximum atomic E-state index is 12.2. The van der Waals surface area contributed by atoms with Gasteiger partial charge in [-0.2, -0.15) is 0 Å². The molecule has 0 saturated heterocycles. The van der Waals surface area contributed by atoms with E-state index in [1.807, 2.05) is 32.0 Å². The van der Waals surface area contributed by atoms with E-state index in [9.17, 15) is 9.59 Å². The van der Waals surface area contributed by atoms with E-state index in [1.165, 1.54) is 6.92 Å². The molecule has 0 spiro atoms. The predicted octanol–water partition coefficient (Wildman–Crippen LogP) is 3.12. The molecule has 0 aromatic heterocycles. The lowest BCUT2D eigenvalue weighted by atomic mass is 9.83. The lowest BCUT2D eigenvalue weighted by molar-refractivity contribution is -0.120. The Kier molecular flexibility index (Phi) is 4.41. The van der Waals surface area contributed by atoms with Crippen LogP contribution in [0.2, 0.25) is 0 Å². The molecule has 1 aromatic rings. The van der Waals surface area contributed by atoms with Crippen LogP contribution in [0.3, 0.4) is 0 Å². The molecule has 2 heteroatoms. The summed E-state index contributed by atoms with van der Waals surface area (Å²) >= 11 is 0. The maximum Gasteiger partial charge on any atom is 0.173 e. The van der Waals surface area contributed by atoms with Crippen molar-refractivity contribution in [2.45, 2.75) is 27.2 Å². The zero-order valence-corrected chi connectivity index (χ0v) is 10.1. The Morgan fingerprint density at radius 2 is 1.75 bits per heavy atom. The second-order valence-corrected chi connectivity index (χ2v) is 4.20. The van der Waals surface area contributed by atoms with Gasteiger partial charge < -0.3 is 0 Å². The molecular weight excluding hydrogens is 200 g/mol. The lowest BCUT2D eigenvalue weighted by Gasteiger charge is -2.18. The molecule has 1 rings (SSSR count). The maximum absolute atomic E-state index is 12.2. The van der Waals surface area contributed by atoms with Crippen LogP contribution in [-0.2, 0) is 4.79 Å². The second-order valence-electron chi connectivity index (χ2n) is 4.20. The Morgan fingerprint density at radius 3 is 2.19 bits per heavy atom. The van der Waals surface area contributed by atoms with Gasteiger partial charge in [0.25, 0.3) is 0 Å². The number of ketones is 2. The first-order valence-electron chi connectivity index (χ1n) is 5.67. The Bertz CT molecular complexity index is 368. The van der Waals surface area contributed by atoms with Gasteiger partial charge in [-0.05, 0) is 12.8 Å². The summed E-state index contributed by atoms with van der Waals surface area (Å²) < 4.78 is 0. The van der Waals surface area contributed by atoms with Crippen LogP contribution in [0.5, 0.6) is 0 Å². The molecular formula is C14H18O2. The van der Waals surface area contributed by atoms with Crippen LogP contribution in [0.25, 0.3) is 0 Å². The van der Waals surface area contributed by atoms with E-state index in [1.54, 1.807) is 12.1 Å². The molecule has 0 heterocycles. The summed E-state index contributed by atoms with van der Waals surface area (Å²) in [5, 5.41) is 0. The quantitative estimate of drug-likeness (QED) is 0.562. The van der Waals surface area contributed by atoms with Gasteiger partial charge >= 0.3 is 0 Å². The zero-order valence-electron chi connectivity index (χ0n) is 10.1. The molecule has 0 bridgehead atoms. The van der Waals surface area contributed by atoms with Crippen LogP contribution in [0.4, 0.5) is 0 Å². The predicted molar refractivity (Wildman–Crippen MR) is 64.4 cm³/mol. The average Bonchev–Trinajstić information content (AvgIpc) is 2.29. The Balaban J connectivity index is 2.97. The molecule has 86 valence electrons. The van der Waals surface area contributed by atoms with Crippen molar-refractivity contribution in [2.75, 3.05) is 0 Å². The van der Waals surface area contributed by atoms with E-state index in [-0.39, 0.29) is 17.5 Å². The SMILES string of the molecule is CCC(C)C(C(C)=O)C(=O)c1ccccc1. The molecule has 1 aromatic carbocycles. The molecule has 16 heavy (non-hydrogen) atoms. The third kappa shape index (κ3) is 2.78. The topological polar surface area (TPSA) is 34.1 Å². The molecule has 2 atom stereocenters. The van der Waals surface area contributed by atoms with Crippen LogP contribution in [0, 0.1) is 11.8 Å². The number of Topliss-reactive ketones (excluding diaryl/α,β-unsaturated/α-hetero) is 2. The molecule has 0 fully saturated rings. The minimum atomic E-state index is -0.493. The number of carbonyl (C=O) groups excluding carboxylic acids is 2. The van der Waals surface area contributed by atoms with Gasteiger partial charge in [0, 0.05) is 5.56 Å². The van der Waals surface area contributed by atoms with Gasteiger partial charge in [0.1, 0.15) is 5.78 Å². The Hall–Kier alpha value is -1.44. The molecule has 0 aliphatic heterocycles. The number of benzene rings is 1. The van der Waals surface area contributed by atoms with E-state index in [4.69, 9.17) is 0 Å². The molecule has 0 saturated carbocycles. The van der Waals surface area contributed by atoms with Crippen LogP contribution in [0.15, 0.2) is 30.3 Å². The molecule has 0 N–H and O–H groups in total. The normalized spacial score (nSPS) is 14.2. The third-order valence-electron chi connectivity index (χ3n) is 2.99. The van der Waals surface area contributed by atoms with Gasteiger partial charge in [0.2, 0.25) is 0 Å². The van der Waals surface area contributed by atoms with Crippen molar-refractivity contribution in [2.24, 2.45) is 11.8 Å². The van der Waals surface area contributed by atoms with Crippen LogP contribution >= 0.6 is 0 Å². The number of hydrogen-bond donors (Lipinski definition) is 0. The summed E-state index contributed by atoms with van der Waals surface area (Å²) in [6.45, 7) is 5.45. The minimum absolute atomic E-state index is 0.0387. The first-order valence-corrected chi connectivity index (χ1v) is 5.67. The first-order chi connectivity index (χ1) is 7.57. The van der Waals surface area contributed by atoms with E-state index in [0.717, 1.165) is 6.42 Å². The van der Waals surface area contributed by atoms with Crippen molar-refractivity contribution >= 4 is 11.6 Å². The molecule has 2 unspecified atom stereocenters. The standard InChI is InChI=1S/C14H18O2/c1-4-10(2)13(11(3)15)14(16)12-8-6-5-7-9-12/h5-10,13H,4H2,1-3H3. The van der Waals surface area contributed by atoms with E-state index in [2.05, 4.69) is 0 Å². The summed E-state index contributed by atoms with van der Waals surface area (Å²) in [6.07, 6.45) is 0.836. The monoisotopic (exact) mass is 218 g/mol. The van der Waals surface area contributed by atoms with Crippen LogP contribution in [0.1, 0.15) is 37.6 Å². The van der Waals surface area contributed by atoms with E-state index < -0.39 is 5.92 Å². The minimum Gasteiger partial charge on any atom is -0.299 e. The summed E-state index contributed by atoms with van der Waals surface area (Å²) in [5.74, 6) is -0.483. The van der Waals surface area contributed by atoms with Crippen molar-refractivity contribution in [1.29, 1.82) is 0 Å². The molecule has 0 radical (unpaired) electrons. The van der Waals surface area contributed by atoms with Crippen LogP contribution in [-0.4, -0.2) is 11.6 Å². The van der Waals surface area contributed by atoms with Crippen molar-refractivity contribution in [3.05, 3.63) is 35.9 Å². The van der Waals surface area contributed by atoms with Gasteiger partial charge in [0.15, 0.2) is 5.78 Å². The van der Waals surface area contributed by atoms with Gasteiger partial charge in [-0.15, -0.1) is 0 Å². The fourth-order valence-corrected chi connectivity index (χ4v) is 1.86. The van der Waals surface area contributed by atoms with Gasteiger partial charge in [-0.25, -0.2) is 0 Å². The molecule has 0 aliphatic rings. The summed E-state index contributed by atoms with van der Waals surface area (Å²) in [4.78, 5) is 23.7. The largest absolute Gasteiger partial charge is 0.299 e. The van der Waals surface area contributed by atoms with Crippen LogP contribution < -0.4 is 0 Å². The van der Waals surface area contributed by atoms with Gasteiger partial charge in [0.05, 0.1) is 5.92 Å². The molecule has 0 amide bonds. The van der Waals surface area contributed by atoms with Gasteiger partial charge in [-0.3, -0.25) is 9.59 Å². The average molecular weight is 218 g/mol. The number of rotatable bonds is 5. The van der Waals surface area contributed by atoms with E-state index >= 15 is 0 Å². The molecule has 0 aliphatic carbocycles. The Labute approximate surface area is 96.7 Å². The smallest absolute Gasteiger partial charge is 0.173 e. The highest BCUT2D eigenvalue weighted by atomic mass is 16.1. The lowest BCUT2D eigenvalue weighted by Crippen LogP contribution is -2.28. The zero-order chi connectivity index (χ0) is 12.1. The number of hydrogen-bond acceptors (Lipinski definition) is 2.